The number of likely N-dealkylation sites (tertiary alicyclic amines) is 1. The summed E-state index contributed by atoms with van der Waals surface area (Å²) in [4.78, 5) is 28.1. The van der Waals surface area contributed by atoms with Gasteiger partial charge < -0.3 is 20.7 Å². The highest BCUT2D eigenvalue weighted by Gasteiger charge is 2.64. The topological polar surface area (TPSA) is 108 Å². The number of likely N-dealkylation sites (N-methyl/N-ethyl adjacent to an activating group) is 1. The van der Waals surface area contributed by atoms with E-state index in [4.69, 9.17) is 10.5 Å². The van der Waals surface area contributed by atoms with E-state index in [0.717, 1.165) is 44.9 Å². The number of rotatable bonds is 6. The number of fused-ring (bicyclic) bond motifs is 1. The first-order valence-corrected chi connectivity index (χ1v) is 12.0. The van der Waals surface area contributed by atoms with Crippen LogP contribution >= 0.6 is 12.6 Å². The fraction of sp³-hybridized carbons (Fsp3) is 0.864. The highest BCUT2D eigenvalue weighted by atomic mass is 32.1. The molecule has 6 fully saturated rings. The van der Waals surface area contributed by atoms with Crippen molar-refractivity contribution >= 4 is 24.5 Å². The second kappa shape index (κ2) is 7.11. The van der Waals surface area contributed by atoms with Gasteiger partial charge in [0.05, 0.1) is 12.1 Å². The van der Waals surface area contributed by atoms with Crippen LogP contribution in [0.2, 0.25) is 0 Å². The molecule has 5 saturated carbocycles. The predicted molar refractivity (Wildman–Crippen MR) is 113 cm³/mol. The van der Waals surface area contributed by atoms with E-state index < -0.39 is 17.7 Å². The molecule has 3 N–H and O–H groups in total. The molecule has 0 aromatic heterocycles. The minimum atomic E-state index is -0.623. The number of esters is 1. The van der Waals surface area contributed by atoms with Crippen molar-refractivity contribution < 1.29 is 14.3 Å². The van der Waals surface area contributed by atoms with Gasteiger partial charge >= 0.3 is 5.97 Å². The van der Waals surface area contributed by atoms with Gasteiger partial charge in [-0.3, -0.25) is 9.59 Å². The minimum Gasteiger partial charge on any atom is -0.458 e. The van der Waals surface area contributed by atoms with E-state index in [2.05, 4.69) is 24.0 Å². The van der Waals surface area contributed by atoms with Crippen molar-refractivity contribution in [1.82, 2.24) is 10.2 Å². The number of hydrogen-bond donors (Lipinski definition) is 3. The lowest BCUT2D eigenvalue weighted by atomic mass is 9.46. The van der Waals surface area contributed by atoms with Gasteiger partial charge in [-0.2, -0.15) is 17.9 Å². The predicted octanol–water partition coefficient (Wildman–Crippen LogP) is 1.23. The van der Waals surface area contributed by atoms with E-state index in [1.54, 1.807) is 11.9 Å². The zero-order chi connectivity index (χ0) is 21.3. The summed E-state index contributed by atoms with van der Waals surface area (Å²) in [5.74, 6) is 1.44. The third-order valence-corrected chi connectivity index (χ3v) is 8.98. The maximum atomic E-state index is 13.5. The number of ether oxygens (including phenoxy) is 1. The quantitative estimate of drug-likeness (QED) is 0.430. The molecule has 1 heterocycles. The summed E-state index contributed by atoms with van der Waals surface area (Å²) in [7, 11) is 1.74. The van der Waals surface area contributed by atoms with Crippen molar-refractivity contribution in [2.75, 3.05) is 12.8 Å². The van der Waals surface area contributed by atoms with Crippen molar-refractivity contribution in [2.45, 2.75) is 81.1 Å². The van der Waals surface area contributed by atoms with E-state index in [1.165, 1.54) is 0 Å². The summed E-state index contributed by atoms with van der Waals surface area (Å²) in [5, 5.41) is 12.5. The first-order chi connectivity index (χ1) is 14.3. The molecule has 1 aliphatic heterocycles. The van der Waals surface area contributed by atoms with Crippen LogP contribution < -0.4 is 11.1 Å². The summed E-state index contributed by atoms with van der Waals surface area (Å²) < 4.78 is 6.16. The SMILES string of the molecule is CN[C@@H](CS)C(=O)OC12CC3CC(C1)CC([C@H](N)C(=O)N1[C@H](C#N)C[C@@H]4C[C@@H]41)(C3)C2. The van der Waals surface area contributed by atoms with Crippen LogP contribution in [0, 0.1) is 34.5 Å². The molecule has 6 aliphatic rings. The van der Waals surface area contributed by atoms with Crippen LogP contribution in [0.5, 0.6) is 0 Å². The Morgan fingerprint density at radius 2 is 1.97 bits per heavy atom. The maximum absolute atomic E-state index is 13.5. The highest BCUT2D eigenvalue weighted by molar-refractivity contribution is 7.80. The highest BCUT2D eigenvalue weighted by Crippen LogP contribution is 2.64. The summed E-state index contributed by atoms with van der Waals surface area (Å²) in [6.07, 6.45) is 7.19. The van der Waals surface area contributed by atoms with Crippen LogP contribution in [0.4, 0.5) is 0 Å². The molecule has 8 heteroatoms. The van der Waals surface area contributed by atoms with Crippen molar-refractivity contribution in [2.24, 2.45) is 28.9 Å². The van der Waals surface area contributed by atoms with Gasteiger partial charge in [-0.15, -0.1) is 0 Å². The molecule has 6 rings (SSSR count). The zero-order valence-electron chi connectivity index (χ0n) is 17.5. The first-order valence-electron chi connectivity index (χ1n) is 11.3. The van der Waals surface area contributed by atoms with E-state index in [0.29, 0.717) is 29.9 Å². The standard InChI is InChI=1S/C22H32N4O3S/c1-25-16(10-30)20(28)29-22-7-12-2-13(8-22)6-21(5-12,11-22)18(24)19(27)26-15(9-23)3-14-4-17(14)26/h12-18,25,30H,2-8,10-11,24H2,1H3/t12?,13?,14-,15+,16+,17+,18-,21?,22?/m1/s1. The second-order valence-electron chi connectivity index (χ2n) is 10.6. The Labute approximate surface area is 183 Å². The van der Waals surface area contributed by atoms with E-state index in [-0.39, 0.29) is 29.4 Å². The van der Waals surface area contributed by atoms with Gasteiger partial charge in [-0.25, -0.2) is 0 Å². The molecular formula is C22H32N4O3S. The molecule has 7 atom stereocenters. The lowest BCUT2D eigenvalue weighted by Gasteiger charge is -2.62. The lowest BCUT2D eigenvalue weighted by Crippen LogP contribution is -2.66. The largest absolute Gasteiger partial charge is 0.458 e. The smallest absolute Gasteiger partial charge is 0.324 e. The number of carbonyl (C=O) groups is 2. The molecule has 5 aliphatic carbocycles. The van der Waals surface area contributed by atoms with Gasteiger partial charge in [-0.1, -0.05) is 0 Å². The first kappa shape index (κ1) is 20.6. The van der Waals surface area contributed by atoms with E-state index >= 15 is 0 Å². The van der Waals surface area contributed by atoms with E-state index in [9.17, 15) is 14.9 Å². The molecule has 1 amide bonds. The Morgan fingerprint density at radius 1 is 1.27 bits per heavy atom. The number of nitriles is 1. The summed E-state index contributed by atoms with van der Waals surface area (Å²) >= 11 is 4.26. The van der Waals surface area contributed by atoms with Crippen molar-refractivity contribution in [1.29, 1.82) is 5.26 Å². The van der Waals surface area contributed by atoms with Gasteiger partial charge in [0.2, 0.25) is 5.91 Å². The Morgan fingerprint density at radius 3 is 2.57 bits per heavy atom. The van der Waals surface area contributed by atoms with Crippen molar-refractivity contribution in [3.05, 3.63) is 0 Å². The Hall–Kier alpha value is -1.30. The average molecular weight is 433 g/mol. The van der Waals surface area contributed by atoms with Crippen LogP contribution in [0.25, 0.3) is 0 Å². The van der Waals surface area contributed by atoms with Gasteiger partial charge in [0.15, 0.2) is 0 Å². The number of thiol groups is 1. The molecule has 1 saturated heterocycles. The summed E-state index contributed by atoms with van der Waals surface area (Å²) in [5.41, 5.74) is 5.89. The molecule has 0 aromatic carbocycles. The van der Waals surface area contributed by atoms with Gasteiger partial charge in [0.25, 0.3) is 0 Å². The third-order valence-electron chi connectivity index (χ3n) is 8.62. The summed E-state index contributed by atoms with van der Waals surface area (Å²) in [6.45, 7) is 0. The number of nitrogens with one attached hydrogen (secondary N) is 1. The molecule has 7 nitrogen and oxygen atoms in total. The van der Waals surface area contributed by atoms with Gasteiger partial charge in [0, 0.05) is 11.8 Å². The number of nitrogens with zero attached hydrogens (tertiary/aromatic N) is 2. The van der Waals surface area contributed by atoms with E-state index in [1.807, 2.05) is 0 Å². The maximum Gasteiger partial charge on any atom is 0.324 e. The van der Waals surface area contributed by atoms with Crippen LogP contribution in [-0.4, -0.2) is 59.3 Å². The number of hydrogen-bond acceptors (Lipinski definition) is 7. The molecule has 4 bridgehead atoms. The van der Waals surface area contributed by atoms with Gasteiger partial charge in [0.1, 0.15) is 17.7 Å². The average Bonchev–Trinajstić information content (AvgIpc) is 3.36. The Kier molecular flexibility index (Phi) is 4.88. The van der Waals surface area contributed by atoms with Crippen LogP contribution in [0.1, 0.15) is 51.4 Å². The molecule has 30 heavy (non-hydrogen) atoms. The van der Waals surface area contributed by atoms with Gasteiger partial charge in [-0.05, 0) is 81.6 Å². The molecule has 0 radical (unpaired) electrons. The number of amides is 1. The number of piperidine rings is 1. The lowest BCUT2D eigenvalue weighted by molar-refractivity contribution is -0.207. The Balaban J connectivity index is 1.38. The molecule has 164 valence electrons. The molecule has 0 aromatic rings. The minimum absolute atomic E-state index is 0.0570. The molecule has 0 spiro atoms. The Bertz CT molecular complexity index is 780. The number of carbonyl (C=O) groups excluding carboxylic acids is 2. The fourth-order valence-electron chi connectivity index (χ4n) is 7.61. The van der Waals surface area contributed by atoms with Crippen molar-refractivity contribution in [3.63, 3.8) is 0 Å². The third kappa shape index (κ3) is 3.08. The normalized spacial score (nSPS) is 44.9. The van der Waals surface area contributed by atoms with Crippen molar-refractivity contribution in [3.8, 4) is 6.07 Å². The zero-order valence-corrected chi connectivity index (χ0v) is 18.4. The van der Waals surface area contributed by atoms with Crippen LogP contribution in [0.3, 0.4) is 0 Å². The number of nitrogens with two attached hydrogens (primary N) is 1. The fourth-order valence-corrected chi connectivity index (χ4v) is 7.94. The monoisotopic (exact) mass is 432 g/mol. The van der Waals surface area contributed by atoms with Crippen LogP contribution in [0.15, 0.2) is 0 Å². The second-order valence-corrected chi connectivity index (χ2v) is 11.0. The molecule has 2 unspecified atom stereocenters. The van der Waals surface area contributed by atoms with Crippen LogP contribution in [-0.2, 0) is 14.3 Å². The summed E-state index contributed by atoms with van der Waals surface area (Å²) in [6, 6.07) is 1.13. The molecular weight excluding hydrogens is 400 g/mol.